The van der Waals surface area contributed by atoms with Gasteiger partial charge >= 0.3 is 0 Å². The fourth-order valence-electron chi connectivity index (χ4n) is 4.38. The van der Waals surface area contributed by atoms with E-state index in [2.05, 4.69) is 15.1 Å². The predicted octanol–water partition coefficient (Wildman–Crippen LogP) is 5.72. The second-order valence-corrected chi connectivity index (χ2v) is 11.7. The molecule has 0 saturated heterocycles. The zero-order valence-corrected chi connectivity index (χ0v) is 24.5. The van der Waals surface area contributed by atoms with Crippen molar-refractivity contribution in [1.82, 2.24) is 9.99 Å². The summed E-state index contributed by atoms with van der Waals surface area (Å²) in [5.74, 6) is -0.283. The van der Waals surface area contributed by atoms with Gasteiger partial charge in [0.15, 0.2) is 0 Å². The lowest BCUT2D eigenvalue weighted by molar-refractivity contribution is -0.119. The van der Waals surface area contributed by atoms with Crippen LogP contribution in [0.25, 0.3) is 5.69 Å². The molecule has 0 radical (unpaired) electrons. The number of aromatic nitrogens is 1. The van der Waals surface area contributed by atoms with Crippen molar-refractivity contribution in [2.45, 2.75) is 32.6 Å². The molecule has 0 aliphatic heterocycles. The first-order valence-electron chi connectivity index (χ1n) is 12.5. The van der Waals surface area contributed by atoms with Gasteiger partial charge in [0.1, 0.15) is 12.3 Å². The highest BCUT2D eigenvalue weighted by atomic mass is 35.5. The molecule has 0 saturated carbocycles. The number of carbonyl (C=O) groups excluding carboxylic acids is 1. The number of carbonyl (C=O) groups is 1. The molecule has 1 N–H and O–H groups in total. The molecule has 10 heteroatoms. The highest BCUT2D eigenvalue weighted by Gasteiger charge is 2.29. The number of rotatable bonds is 9. The second-order valence-electron chi connectivity index (χ2n) is 9.43. The number of halogens is 1. The first kappa shape index (κ1) is 28.9. The molecule has 0 atom stereocenters. The zero-order chi connectivity index (χ0) is 29.0. The SMILES string of the molecule is COc1ccc(C)cc1N(CC(=O)N/N=C\c1cc(C)n(-c2ccc(Cl)cc2)c1C)S(=O)(=O)c1ccc(C)cc1. The molecule has 8 nitrogen and oxygen atoms in total. The molecule has 4 rings (SSSR count). The number of aryl methyl sites for hydroxylation is 3. The molecule has 0 spiro atoms. The van der Waals surface area contributed by atoms with Crippen LogP contribution in [-0.2, 0) is 14.8 Å². The summed E-state index contributed by atoms with van der Waals surface area (Å²) in [4.78, 5) is 13.1. The van der Waals surface area contributed by atoms with E-state index in [9.17, 15) is 13.2 Å². The molecule has 1 heterocycles. The molecule has 4 aromatic rings. The Morgan fingerprint density at radius 1 is 0.975 bits per heavy atom. The highest BCUT2D eigenvalue weighted by molar-refractivity contribution is 7.92. The van der Waals surface area contributed by atoms with Crippen molar-refractivity contribution in [3.8, 4) is 11.4 Å². The summed E-state index contributed by atoms with van der Waals surface area (Å²) in [5, 5.41) is 4.78. The van der Waals surface area contributed by atoms with Crippen LogP contribution in [0, 0.1) is 27.7 Å². The number of hydrogen-bond acceptors (Lipinski definition) is 5. The monoisotopic (exact) mass is 578 g/mol. The van der Waals surface area contributed by atoms with E-state index in [0.29, 0.717) is 10.8 Å². The molecule has 0 aliphatic carbocycles. The lowest BCUT2D eigenvalue weighted by Gasteiger charge is -2.25. The Labute approximate surface area is 239 Å². The molecule has 0 unspecified atom stereocenters. The van der Waals surface area contributed by atoms with Crippen molar-refractivity contribution in [2.24, 2.45) is 5.10 Å². The molecule has 1 aromatic heterocycles. The van der Waals surface area contributed by atoms with E-state index in [1.807, 2.05) is 64.1 Å². The van der Waals surface area contributed by atoms with Crippen molar-refractivity contribution in [2.75, 3.05) is 18.0 Å². The molecular formula is C30H31ClN4O4S. The molecule has 208 valence electrons. The van der Waals surface area contributed by atoms with E-state index in [4.69, 9.17) is 16.3 Å². The summed E-state index contributed by atoms with van der Waals surface area (Å²) < 4.78 is 36.0. The van der Waals surface area contributed by atoms with Gasteiger partial charge in [-0.1, -0.05) is 35.4 Å². The maximum absolute atomic E-state index is 13.7. The van der Waals surface area contributed by atoms with Crippen molar-refractivity contribution >= 4 is 39.4 Å². The molecule has 0 aliphatic rings. The Morgan fingerprint density at radius 2 is 1.62 bits per heavy atom. The van der Waals surface area contributed by atoms with E-state index in [1.54, 1.807) is 30.5 Å². The van der Waals surface area contributed by atoms with Gasteiger partial charge in [0.2, 0.25) is 0 Å². The van der Waals surface area contributed by atoms with Gasteiger partial charge in [-0.2, -0.15) is 5.10 Å². The zero-order valence-electron chi connectivity index (χ0n) is 23.0. The average Bonchev–Trinajstić information content (AvgIpc) is 3.20. The van der Waals surface area contributed by atoms with Crippen molar-refractivity contribution in [3.63, 3.8) is 0 Å². The number of sulfonamides is 1. The van der Waals surface area contributed by atoms with Crippen molar-refractivity contribution in [1.29, 1.82) is 0 Å². The van der Waals surface area contributed by atoms with E-state index in [1.165, 1.54) is 19.2 Å². The summed E-state index contributed by atoms with van der Waals surface area (Å²) in [5.41, 5.74) is 8.12. The molecule has 40 heavy (non-hydrogen) atoms. The van der Waals surface area contributed by atoms with Crippen LogP contribution in [-0.4, -0.2) is 38.8 Å². The number of ether oxygens (including phenoxy) is 1. The molecule has 0 fully saturated rings. The van der Waals surface area contributed by atoms with Crippen LogP contribution in [0.5, 0.6) is 5.75 Å². The minimum atomic E-state index is -4.11. The number of benzene rings is 3. The lowest BCUT2D eigenvalue weighted by atomic mass is 10.2. The first-order chi connectivity index (χ1) is 19.0. The predicted molar refractivity (Wildman–Crippen MR) is 159 cm³/mol. The minimum absolute atomic E-state index is 0.0626. The van der Waals surface area contributed by atoms with E-state index in [0.717, 1.165) is 38.1 Å². The molecular weight excluding hydrogens is 548 g/mol. The normalized spacial score (nSPS) is 11.6. The second kappa shape index (κ2) is 12.0. The Hall–Kier alpha value is -4.08. The van der Waals surface area contributed by atoms with Gasteiger partial charge in [-0.05, 0) is 87.9 Å². The van der Waals surface area contributed by atoms with Crippen LogP contribution >= 0.6 is 11.6 Å². The van der Waals surface area contributed by atoms with E-state index < -0.39 is 22.5 Å². The fraction of sp³-hybridized carbons (Fsp3) is 0.200. The third-order valence-electron chi connectivity index (χ3n) is 6.45. The quantitative estimate of drug-likeness (QED) is 0.203. The number of hydrazone groups is 1. The van der Waals surface area contributed by atoms with Gasteiger partial charge in [-0.25, -0.2) is 13.8 Å². The summed E-state index contributed by atoms with van der Waals surface area (Å²) in [7, 11) is -2.65. The highest BCUT2D eigenvalue weighted by Crippen LogP contribution is 2.33. The number of methoxy groups -OCH3 is 1. The van der Waals surface area contributed by atoms with Gasteiger partial charge in [0.05, 0.1) is 23.9 Å². The van der Waals surface area contributed by atoms with E-state index in [-0.39, 0.29) is 10.6 Å². The van der Waals surface area contributed by atoms with Crippen LogP contribution in [0.4, 0.5) is 5.69 Å². The van der Waals surface area contributed by atoms with E-state index >= 15 is 0 Å². The number of nitrogens with one attached hydrogen (secondary N) is 1. The standard InChI is InChI=1S/C30H31ClN4O4S/c1-20-6-13-27(14-7-20)40(37,38)34(28-16-21(2)8-15-29(28)39-5)19-30(36)33-32-18-24-17-22(3)35(23(24)4)26-11-9-25(31)10-12-26/h6-18H,19H2,1-5H3,(H,33,36)/b32-18-. The van der Waals surface area contributed by atoms with Gasteiger partial charge in [-0.15, -0.1) is 0 Å². The van der Waals surface area contributed by atoms with Crippen LogP contribution in [0.1, 0.15) is 28.1 Å². The van der Waals surface area contributed by atoms with Crippen LogP contribution in [0.3, 0.4) is 0 Å². The van der Waals surface area contributed by atoms with Crippen LogP contribution in [0.15, 0.2) is 82.8 Å². The van der Waals surface area contributed by atoms with Gasteiger partial charge < -0.3 is 9.30 Å². The number of amides is 1. The van der Waals surface area contributed by atoms with Gasteiger partial charge in [0, 0.05) is 27.7 Å². The maximum atomic E-state index is 13.7. The third kappa shape index (κ3) is 6.21. The van der Waals surface area contributed by atoms with Gasteiger partial charge in [0.25, 0.3) is 15.9 Å². The third-order valence-corrected chi connectivity index (χ3v) is 8.47. The number of nitrogens with zero attached hydrogens (tertiary/aromatic N) is 3. The van der Waals surface area contributed by atoms with Crippen LogP contribution < -0.4 is 14.5 Å². The largest absolute Gasteiger partial charge is 0.495 e. The average molecular weight is 579 g/mol. The molecule has 0 bridgehead atoms. The Morgan fingerprint density at radius 3 is 2.27 bits per heavy atom. The summed E-state index contributed by atoms with van der Waals surface area (Å²) in [6.45, 7) is 7.13. The maximum Gasteiger partial charge on any atom is 0.264 e. The molecule has 3 aromatic carbocycles. The molecule has 1 amide bonds. The minimum Gasteiger partial charge on any atom is -0.495 e. The number of anilines is 1. The summed E-state index contributed by atoms with van der Waals surface area (Å²) >= 11 is 6.03. The summed E-state index contributed by atoms with van der Waals surface area (Å²) in [6.07, 6.45) is 1.54. The smallest absolute Gasteiger partial charge is 0.264 e. The van der Waals surface area contributed by atoms with Crippen molar-refractivity contribution < 1.29 is 17.9 Å². The van der Waals surface area contributed by atoms with Crippen LogP contribution in [0.2, 0.25) is 5.02 Å². The Balaban J connectivity index is 1.60. The fourth-order valence-corrected chi connectivity index (χ4v) is 5.93. The lowest BCUT2D eigenvalue weighted by Crippen LogP contribution is -2.39. The van der Waals surface area contributed by atoms with Gasteiger partial charge in [-0.3, -0.25) is 9.10 Å². The Bertz CT molecular complexity index is 1660. The first-order valence-corrected chi connectivity index (χ1v) is 14.3. The van der Waals surface area contributed by atoms with Crippen molar-refractivity contribution in [3.05, 3.63) is 106 Å². The Kier molecular flexibility index (Phi) is 8.66. The topological polar surface area (TPSA) is 93.0 Å². The summed E-state index contributed by atoms with van der Waals surface area (Å²) in [6, 6.07) is 21.1. The number of hydrogen-bond donors (Lipinski definition) is 1.